The molecule has 0 aromatic rings. The second kappa shape index (κ2) is 5.16. The van der Waals surface area contributed by atoms with E-state index in [2.05, 4.69) is 10.0 Å². The predicted molar refractivity (Wildman–Crippen MR) is 54.5 cm³/mol. The molecule has 1 fully saturated rings. The lowest BCUT2D eigenvalue weighted by atomic mass is 10.2. The minimum atomic E-state index is -0.994. The molecule has 0 aliphatic carbocycles. The van der Waals surface area contributed by atoms with Gasteiger partial charge in [-0.1, -0.05) is 5.11 Å². The lowest BCUT2D eigenvalue weighted by Crippen LogP contribution is -2.36. The van der Waals surface area contributed by atoms with Gasteiger partial charge in [0.1, 0.15) is 6.10 Å². The maximum absolute atomic E-state index is 11.5. The van der Waals surface area contributed by atoms with Crippen LogP contribution in [0.3, 0.4) is 0 Å². The number of carbonyl (C=O) groups is 1. The summed E-state index contributed by atoms with van der Waals surface area (Å²) in [4.78, 5) is 14.1. The molecule has 1 aliphatic heterocycles. The van der Waals surface area contributed by atoms with E-state index in [0.29, 0.717) is 0 Å². The molecule has 0 bridgehead atoms. The maximum Gasteiger partial charge on any atom is 0.317 e. The number of hydrogen-bond donors (Lipinski definition) is 0. The van der Waals surface area contributed by atoms with Crippen molar-refractivity contribution in [2.75, 3.05) is 13.2 Å². The summed E-state index contributed by atoms with van der Waals surface area (Å²) >= 11 is 0. The molecule has 16 heavy (non-hydrogen) atoms. The second-order valence-electron chi connectivity index (χ2n) is 3.77. The normalized spacial score (nSPS) is 24.6. The molecule has 0 aromatic carbocycles. The average molecular weight is 229 g/mol. The molecule has 0 radical (unpaired) electrons. The molecule has 0 amide bonds. The zero-order valence-electron chi connectivity index (χ0n) is 9.54. The summed E-state index contributed by atoms with van der Waals surface area (Å²) in [5, 5.41) is 3.39. The van der Waals surface area contributed by atoms with Crippen molar-refractivity contribution < 1.29 is 19.0 Å². The molecule has 1 rings (SSSR count). The van der Waals surface area contributed by atoms with Gasteiger partial charge in [0.25, 0.3) is 0 Å². The van der Waals surface area contributed by atoms with Crippen LogP contribution in [0.2, 0.25) is 0 Å². The van der Waals surface area contributed by atoms with Crippen molar-refractivity contribution >= 4 is 5.97 Å². The van der Waals surface area contributed by atoms with Crippen molar-refractivity contribution in [1.82, 2.24) is 0 Å². The van der Waals surface area contributed by atoms with Gasteiger partial charge in [0.15, 0.2) is 11.8 Å². The molecule has 7 heteroatoms. The fraction of sp³-hybridized carbons (Fsp3) is 0.889. The van der Waals surface area contributed by atoms with Gasteiger partial charge >= 0.3 is 5.97 Å². The van der Waals surface area contributed by atoms with Crippen molar-refractivity contribution in [3.8, 4) is 0 Å². The predicted octanol–water partition coefficient (Wildman–Crippen LogP) is 1.38. The SMILES string of the molecule is CCOC(=O)[C@@H](N=[N+]=[N-])[C@@H]1COC(C)(C)O1. The molecule has 90 valence electrons. The lowest BCUT2D eigenvalue weighted by Gasteiger charge is -2.19. The van der Waals surface area contributed by atoms with Crippen LogP contribution in [0.5, 0.6) is 0 Å². The standard InChI is InChI=1S/C9H15N3O4/c1-4-14-8(13)7(11-12-10)6-5-15-9(2,3)16-6/h6-7H,4-5H2,1-3H3/t6-,7-/m0/s1. The van der Waals surface area contributed by atoms with Crippen molar-refractivity contribution in [2.24, 2.45) is 5.11 Å². The zero-order valence-corrected chi connectivity index (χ0v) is 9.54. The summed E-state index contributed by atoms with van der Waals surface area (Å²) in [6, 6.07) is -0.994. The minimum absolute atomic E-state index is 0.204. The fourth-order valence-corrected chi connectivity index (χ4v) is 1.43. The van der Waals surface area contributed by atoms with Crippen LogP contribution in [-0.4, -0.2) is 37.1 Å². The van der Waals surface area contributed by atoms with Crippen LogP contribution in [0.15, 0.2) is 5.11 Å². The number of rotatable bonds is 4. The van der Waals surface area contributed by atoms with Crippen LogP contribution >= 0.6 is 0 Å². The lowest BCUT2D eigenvalue weighted by molar-refractivity contribution is -0.156. The average Bonchev–Trinajstić information content (AvgIpc) is 2.55. The Morgan fingerprint density at radius 3 is 2.88 bits per heavy atom. The molecule has 0 spiro atoms. The summed E-state index contributed by atoms with van der Waals surface area (Å²) < 4.78 is 15.5. The maximum atomic E-state index is 11.5. The first-order chi connectivity index (χ1) is 7.50. The Hall–Kier alpha value is -1.30. The van der Waals surface area contributed by atoms with E-state index in [1.54, 1.807) is 20.8 Å². The Morgan fingerprint density at radius 1 is 1.75 bits per heavy atom. The minimum Gasteiger partial charge on any atom is -0.466 e. The summed E-state index contributed by atoms with van der Waals surface area (Å²) in [5.41, 5.74) is 8.40. The van der Waals surface area contributed by atoms with E-state index in [1.165, 1.54) is 0 Å². The largest absolute Gasteiger partial charge is 0.466 e. The summed E-state index contributed by atoms with van der Waals surface area (Å²) in [6.07, 6.45) is -0.593. The first kappa shape index (κ1) is 12.8. The number of hydrogen-bond acceptors (Lipinski definition) is 5. The smallest absolute Gasteiger partial charge is 0.317 e. The van der Waals surface area contributed by atoms with Gasteiger partial charge in [-0.15, -0.1) is 0 Å². The number of nitrogens with zero attached hydrogens (tertiary/aromatic N) is 3. The van der Waals surface area contributed by atoms with Gasteiger partial charge in [-0.05, 0) is 26.3 Å². The van der Waals surface area contributed by atoms with E-state index >= 15 is 0 Å². The topological polar surface area (TPSA) is 93.5 Å². The molecule has 0 unspecified atom stereocenters. The van der Waals surface area contributed by atoms with Crippen LogP contribution in [-0.2, 0) is 19.0 Å². The van der Waals surface area contributed by atoms with Crippen LogP contribution < -0.4 is 0 Å². The Balaban J connectivity index is 2.72. The number of carbonyl (C=O) groups excluding carboxylic acids is 1. The van der Waals surface area contributed by atoms with Crippen LogP contribution in [0, 0.1) is 0 Å². The van der Waals surface area contributed by atoms with Crippen molar-refractivity contribution in [1.29, 1.82) is 0 Å². The summed E-state index contributed by atoms with van der Waals surface area (Å²) in [5.74, 6) is -1.35. The van der Waals surface area contributed by atoms with Crippen molar-refractivity contribution in [2.45, 2.75) is 38.7 Å². The molecule has 1 heterocycles. The number of azide groups is 1. The van der Waals surface area contributed by atoms with Gasteiger partial charge in [-0.2, -0.15) is 0 Å². The Kier molecular flexibility index (Phi) is 4.12. The Bertz CT molecular complexity index is 312. The highest BCUT2D eigenvalue weighted by Crippen LogP contribution is 2.25. The van der Waals surface area contributed by atoms with Crippen molar-refractivity contribution in [3.05, 3.63) is 10.4 Å². The number of ether oxygens (including phenoxy) is 3. The highest BCUT2D eigenvalue weighted by molar-refractivity contribution is 5.76. The van der Waals surface area contributed by atoms with E-state index in [0.717, 1.165) is 0 Å². The first-order valence-corrected chi connectivity index (χ1v) is 5.03. The monoisotopic (exact) mass is 229 g/mol. The van der Waals surface area contributed by atoms with Gasteiger partial charge < -0.3 is 14.2 Å². The van der Waals surface area contributed by atoms with E-state index < -0.39 is 23.9 Å². The van der Waals surface area contributed by atoms with E-state index in [4.69, 9.17) is 19.7 Å². The van der Waals surface area contributed by atoms with Gasteiger partial charge in [-0.25, -0.2) is 0 Å². The second-order valence-corrected chi connectivity index (χ2v) is 3.77. The molecule has 0 saturated carbocycles. The molecule has 2 atom stereocenters. The van der Waals surface area contributed by atoms with Gasteiger partial charge in [0, 0.05) is 4.91 Å². The quantitative estimate of drug-likeness (QED) is 0.315. The molecular formula is C9H15N3O4. The third-order valence-corrected chi connectivity index (χ3v) is 2.09. The molecular weight excluding hydrogens is 214 g/mol. The summed E-state index contributed by atoms with van der Waals surface area (Å²) in [6.45, 7) is 5.57. The van der Waals surface area contributed by atoms with E-state index in [-0.39, 0.29) is 13.2 Å². The summed E-state index contributed by atoms with van der Waals surface area (Å²) in [7, 11) is 0. The molecule has 1 saturated heterocycles. The first-order valence-electron chi connectivity index (χ1n) is 5.03. The van der Waals surface area contributed by atoms with Crippen LogP contribution in [0.25, 0.3) is 10.4 Å². The van der Waals surface area contributed by atoms with E-state index in [9.17, 15) is 4.79 Å². The highest BCUT2D eigenvalue weighted by Gasteiger charge is 2.40. The molecule has 0 aromatic heterocycles. The Morgan fingerprint density at radius 2 is 2.44 bits per heavy atom. The van der Waals surface area contributed by atoms with E-state index in [1.807, 2.05) is 0 Å². The highest BCUT2D eigenvalue weighted by atomic mass is 16.7. The number of esters is 1. The molecule has 7 nitrogen and oxygen atoms in total. The molecule has 1 aliphatic rings. The van der Waals surface area contributed by atoms with Crippen LogP contribution in [0.1, 0.15) is 20.8 Å². The van der Waals surface area contributed by atoms with Gasteiger partial charge in [0.05, 0.1) is 13.2 Å². The third kappa shape index (κ3) is 3.10. The Labute approximate surface area is 93.3 Å². The van der Waals surface area contributed by atoms with Gasteiger partial charge in [-0.3, -0.25) is 4.79 Å². The molecule has 0 N–H and O–H groups in total. The third-order valence-electron chi connectivity index (χ3n) is 2.09. The van der Waals surface area contributed by atoms with Gasteiger partial charge in [0.2, 0.25) is 0 Å². The zero-order chi connectivity index (χ0) is 12.2. The van der Waals surface area contributed by atoms with Crippen molar-refractivity contribution in [3.63, 3.8) is 0 Å². The van der Waals surface area contributed by atoms with Crippen LogP contribution in [0.4, 0.5) is 0 Å². The fourth-order valence-electron chi connectivity index (χ4n) is 1.43.